The van der Waals surface area contributed by atoms with Gasteiger partial charge in [0.15, 0.2) is 5.82 Å². The van der Waals surface area contributed by atoms with Gasteiger partial charge in [-0.3, -0.25) is 4.79 Å². The van der Waals surface area contributed by atoms with E-state index in [4.69, 9.17) is 9.72 Å². The average Bonchev–Trinajstić information content (AvgIpc) is 3.35. The zero-order valence-electron chi connectivity index (χ0n) is 19.2. The highest BCUT2D eigenvalue weighted by molar-refractivity contribution is 6.04. The van der Waals surface area contributed by atoms with Crippen LogP contribution in [0.2, 0.25) is 0 Å². The Morgan fingerprint density at radius 1 is 1.27 bits per heavy atom. The normalized spacial score (nSPS) is 18.3. The summed E-state index contributed by atoms with van der Waals surface area (Å²) in [5.41, 5.74) is 0.674. The molecule has 33 heavy (non-hydrogen) atoms. The van der Waals surface area contributed by atoms with Crippen molar-refractivity contribution in [2.24, 2.45) is 0 Å². The Balaban J connectivity index is 1.73. The van der Waals surface area contributed by atoms with Crippen molar-refractivity contribution in [2.75, 3.05) is 36.4 Å². The van der Waals surface area contributed by atoms with Crippen molar-refractivity contribution < 1.29 is 23.5 Å². The van der Waals surface area contributed by atoms with Gasteiger partial charge in [0, 0.05) is 19.2 Å². The van der Waals surface area contributed by atoms with Crippen molar-refractivity contribution in [3.05, 3.63) is 29.7 Å². The van der Waals surface area contributed by atoms with Crippen LogP contribution >= 0.6 is 0 Å². The predicted molar refractivity (Wildman–Crippen MR) is 122 cm³/mol. The Labute approximate surface area is 191 Å². The quantitative estimate of drug-likeness (QED) is 0.657. The van der Waals surface area contributed by atoms with Gasteiger partial charge in [-0.1, -0.05) is 19.8 Å². The van der Waals surface area contributed by atoms with Gasteiger partial charge in [-0.05, 0) is 25.3 Å². The van der Waals surface area contributed by atoms with Crippen LogP contribution in [-0.2, 0) is 9.53 Å². The van der Waals surface area contributed by atoms with E-state index in [0.29, 0.717) is 17.9 Å². The van der Waals surface area contributed by atoms with Gasteiger partial charge in [0.25, 0.3) is 0 Å². The van der Waals surface area contributed by atoms with Crippen molar-refractivity contribution >= 4 is 35.0 Å². The number of halogens is 1. The number of benzene rings is 1. The van der Waals surface area contributed by atoms with Crippen LogP contribution in [0.25, 0.3) is 0 Å². The number of ether oxygens (including phenoxy) is 2. The Kier molecular flexibility index (Phi) is 6.35. The number of nitrogens with zero attached hydrogens (tertiary/aromatic N) is 4. The maximum Gasteiger partial charge on any atom is 0.340 e. The topological polar surface area (TPSA) is 96.9 Å². The van der Waals surface area contributed by atoms with Gasteiger partial charge in [0.05, 0.1) is 31.7 Å². The lowest BCUT2D eigenvalue weighted by Crippen LogP contribution is -2.55. The van der Waals surface area contributed by atoms with Gasteiger partial charge in [0.2, 0.25) is 11.9 Å². The molecule has 0 radical (unpaired) electrons. The third kappa shape index (κ3) is 4.05. The van der Waals surface area contributed by atoms with E-state index in [-0.39, 0.29) is 40.9 Å². The van der Waals surface area contributed by atoms with Gasteiger partial charge in [-0.15, -0.1) is 0 Å². The number of carbonyl (C=O) groups is 2. The SMILES string of the molecule is CC[C@@H]1C(=O)N(C)c2cnc(Nc3cc(F)c(C(=O)OC)cc3OC)nc2N1C1CCCC1. The summed E-state index contributed by atoms with van der Waals surface area (Å²) in [4.78, 5) is 37.6. The first-order chi connectivity index (χ1) is 15.9. The molecule has 1 aromatic carbocycles. The third-order valence-electron chi connectivity index (χ3n) is 6.35. The summed E-state index contributed by atoms with van der Waals surface area (Å²) < 4.78 is 24.5. The summed E-state index contributed by atoms with van der Waals surface area (Å²) in [5.74, 6) is -0.371. The molecule has 1 aliphatic heterocycles. The maximum absolute atomic E-state index is 14.5. The molecular formula is C23H28FN5O4. The van der Waals surface area contributed by atoms with Gasteiger partial charge in [-0.25, -0.2) is 14.2 Å². The average molecular weight is 458 g/mol. The summed E-state index contributed by atoms with van der Waals surface area (Å²) in [5, 5.41) is 3.00. The second-order valence-corrected chi connectivity index (χ2v) is 8.22. The predicted octanol–water partition coefficient (Wildman–Crippen LogP) is 3.66. The van der Waals surface area contributed by atoms with Crippen LogP contribution in [0.5, 0.6) is 5.75 Å². The largest absolute Gasteiger partial charge is 0.495 e. The zero-order valence-corrected chi connectivity index (χ0v) is 19.2. The standard InChI is InChI=1S/C23H28FN5O4/c1-5-17-21(30)28(2)18-12-25-23(27-20(18)29(17)13-8-6-7-9-13)26-16-11-15(24)14(22(31)33-4)10-19(16)32-3/h10-13,17H,5-9H2,1-4H3,(H,25,26,27)/t17-/m1/s1. The number of esters is 1. The number of hydrogen-bond acceptors (Lipinski definition) is 8. The smallest absolute Gasteiger partial charge is 0.340 e. The van der Waals surface area contributed by atoms with Gasteiger partial charge in [-0.2, -0.15) is 4.98 Å². The molecule has 176 valence electrons. The molecule has 0 spiro atoms. The van der Waals surface area contributed by atoms with Gasteiger partial charge in [0.1, 0.15) is 23.3 Å². The van der Waals surface area contributed by atoms with Crippen LogP contribution < -0.4 is 19.9 Å². The molecule has 0 bridgehead atoms. The number of carbonyl (C=O) groups excluding carboxylic acids is 2. The van der Waals surface area contributed by atoms with Crippen LogP contribution in [0, 0.1) is 5.82 Å². The van der Waals surface area contributed by atoms with Crippen molar-refractivity contribution in [3.8, 4) is 5.75 Å². The molecule has 1 amide bonds. The summed E-state index contributed by atoms with van der Waals surface area (Å²) in [6, 6.07) is 2.36. The minimum atomic E-state index is -0.798. The second kappa shape index (κ2) is 9.21. The maximum atomic E-state index is 14.5. The highest BCUT2D eigenvalue weighted by atomic mass is 19.1. The van der Waals surface area contributed by atoms with Crippen LogP contribution in [0.15, 0.2) is 18.3 Å². The fourth-order valence-corrected chi connectivity index (χ4v) is 4.65. The van der Waals surface area contributed by atoms with E-state index < -0.39 is 11.8 Å². The molecule has 4 rings (SSSR count). The van der Waals surface area contributed by atoms with Crippen LogP contribution in [-0.4, -0.2) is 55.2 Å². The first-order valence-electron chi connectivity index (χ1n) is 11.0. The summed E-state index contributed by atoms with van der Waals surface area (Å²) in [6.45, 7) is 2.00. The van der Waals surface area contributed by atoms with E-state index in [9.17, 15) is 14.0 Å². The molecule has 1 aliphatic carbocycles. The summed E-state index contributed by atoms with van der Waals surface area (Å²) >= 11 is 0. The highest BCUT2D eigenvalue weighted by Crippen LogP contribution is 2.40. The van der Waals surface area contributed by atoms with Crippen molar-refractivity contribution in [1.29, 1.82) is 0 Å². The molecule has 0 unspecified atom stereocenters. The lowest BCUT2D eigenvalue weighted by atomic mass is 10.0. The van der Waals surface area contributed by atoms with Gasteiger partial charge >= 0.3 is 5.97 Å². The molecule has 2 aliphatic rings. The lowest BCUT2D eigenvalue weighted by Gasteiger charge is -2.43. The molecule has 2 aromatic rings. The molecule has 1 saturated carbocycles. The molecule has 1 aromatic heterocycles. The fourth-order valence-electron chi connectivity index (χ4n) is 4.65. The Morgan fingerprint density at radius 2 is 2.00 bits per heavy atom. The molecule has 0 saturated heterocycles. The van der Waals surface area contributed by atoms with Crippen LogP contribution in [0.4, 0.5) is 27.5 Å². The third-order valence-corrected chi connectivity index (χ3v) is 6.35. The van der Waals surface area contributed by atoms with E-state index >= 15 is 0 Å². The first-order valence-corrected chi connectivity index (χ1v) is 11.0. The first kappa shape index (κ1) is 22.8. The number of fused-ring (bicyclic) bond motifs is 1. The summed E-state index contributed by atoms with van der Waals surface area (Å²) in [7, 11) is 4.33. The molecule has 1 fully saturated rings. The van der Waals surface area contributed by atoms with E-state index in [2.05, 4.69) is 19.9 Å². The van der Waals surface area contributed by atoms with Crippen molar-refractivity contribution in [2.45, 2.75) is 51.1 Å². The van der Waals surface area contributed by atoms with E-state index in [1.54, 1.807) is 18.1 Å². The number of aromatic nitrogens is 2. The number of methoxy groups -OCH3 is 2. The zero-order chi connectivity index (χ0) is 23.7. The lowest BCUT2D eigenvalue weighted by molar-refractivity contribution is -0.120. The molecular weight excluding hydrogens is 429 g/mol. The molecule has 10 heteroatoms. The molecule has 1 atom stereocenters. The molecule has 1 N–H and O–H groups in total. The number of likely N-dealkylation sites (N-methyl/N-ethyl adjacent to an activating group) is 1. The fraction of sp³-hybridized carbons (Fsp3) is 0.478. The van der Waals surface area contributed by atoms with E-state index in [1.807, 2.05) is 6.92 Å². The minimum Gasteiger partial charge on any atom is -0.495 e. The highest BCUT2D eigenvalue weighted by Gasteiger charge is 2.41. The molecule has 2 heterocycles. The van der Waals surface area contributed by atoms with Gasteiger partial charge < -0.3 is 24.6 Å². The minimum absolute atomic E-state index is 0.0309. The Morgan fingerprint density at radius 3 is 2.64 bits per heavy atom. The van der Waals surface area contributed by atoms with Crippen LogP contribution in [0.1, 0.15) is 49.4 Å². The van der Waals surface area contributed by atoms with E-state index in [0.717, 1.165) is 31.7 Å². The van der Waals surface area contributed by atoms with Crippen LogP contribution in [0.3, 0.4) is 0 Å². The Hall–Kier alpha value is -3.43. The van der Waals surface area contributed by atoms with E-state index in [1.165, 1.54) is 20.3 Å². The number of nitrogens with one attached hydrogen (secondary N) is 1. The van der Waals surface area contributed by atoms with Crippen molar-refractivity contribution in [3.63, 3.8) is 0 Å². The monoisotopic (exact) mass is 457 g/mol. The number of hydrogen-bond donors (Lipinski definition) is 1. The second-order valence-electron chi connectivity index (χ2n) is 8.22. The summed E-state index contributed by atoms with van der Waals surface area (Å²) in [6.07, 6.45) is 6.52. The Bertz CT molecular complexity index is 1070. The van der Waals surface area contributed by atoms with Crippen molar-refractivity contribution in [1.82, 2.24) is 9.97 Å². The molecule has 9 nitrogen and oxygen atoms in total. The number of rotatable bonds is 6. The number of amides is 1. The number of anilines is 4.